The number of rotatable bonds is 8. The summed E-state index contributed by atoms with van der Waals surface area (Å²) in [6, 6.07) is 8.13. The molecule has 2 rings (SSSR count). The Labute approximate surface area is 175 Å². The molecule has 1 heterocycles. The van der Waals surface area contributed by atoms with E-state index in [0.717, 1.165) is 4.47 Å². The van der Waals surface area contributed by atoms with Gasteiger partial charge >= 0.3 is 5.97 Å². The van der Waals surface area contributed by atoms with Gasteiger partial charge in [0.05, 0.1) is 24.1 Å². The number of halogens is 2. The van der Waals surface area contributed by atoms with E-state index >= 15 is 0 Å². The van der Waals surface area contributed by atoms with Crippen LogP contribution in [0.1, 0.15) is 30.1 Å². The molecule has 0 fully saturated rings. The number of benzene rings is 1. The van der Waals surface area contributed by atoms with Crippen molar-refractivity contribution in [3.05, 3.63) is 51.6 Å². The highest BCUT2D eigenvalue weighted by atomic mass is 79.9. The number of methoxy groups -OCH3 is 1. The van der Waals surface area contributed by atoms with E-state index in [9.17, 15) is 14.4 Å². The van der Waals surface area contributed by atoms with Gasteiger partial charge in [-0.05, 0) is 37.3 Å². The van der Waals surface area contributed by atoms with Crippen LogP contribution in [0.3, 0.4) is 0 Å². The van der Waals surface area contributed by atoms with E-state index in [1.165, 1.54) is 26.3 Å². The molecular weight excluding hydrogens is 452 g/mol. The van der Waals surface area contributed by atoms with E-state index in [-0.39, 0.29) is 24.4 Å². The molecule has 28 heavy (non-hydrogen) atoms. The van der Waals surface area contributed by atoms with E-state index in [0.29, 0.717) is 16.3 Å². The van der Waals surface area contributed by atoms with Gasteiger partial charge in [-0.25, -0.2) is 4.98 Å². The van der Waals surface area contributed by atoms with Crippen LogP contribution in [0.4, 0.5) is 5.82 Å². The molecule has 0 radical (unpaired) electrons. The first kappa shape index (κ1) is 21.8. The van der Waals surface area contributed by atoms with Gasteiger partial charge in [0.15, 0.2) is 11.9 Å². The number of ether oxygens (including phenoxy) is 2. The molecule has 1 aromatic heterocycles. The SMILES string of the molecule is COc1ccc(Br)cc1C(=O)CCC(=O)OC(C)C(=O)Nc1ccc(Cl)cn1. The maximum atomic E-state index is 12.4. The first-order chi connectivity index (χ1) is 13.3. The summed E-state index contributed by atoms with van der Waals surface area (Å²) in [6.07, 6.45) is 0.111. The van der Waals surface area contributed by atoms with Crippen LogP contribution in [0.25, 0.3) is 0 Å². The minimum atomic E-state index is -1.04. The van der Waals surface area contributed by atoms with Gasteiger partial charge in [-0.15, -0.1) is 0 Å². The van der Waals surface area contributed by atoms with Gasteiger partial charge in [0.25, 0.3) is 5.91 Å². The molecule has 9 heteroatoms. The largest absolute Gasteiger partial charge is 0.496 e. The summed E-state index contributed by atoms with van der Waals surface area (Å²) in [5.41, 5.74) is 0.365. The maximum Gasteiger partial charge on any atom is 0.307 e. The van der Waals surface area contributed by atoms with Gasteiger partial charge in [0.2, 0.25) is 0 Å². The van der Waals surface area contributed by atoms with Crippen molar-refractivity contribution in [1.29, 1.82) is 0 Å². The van der Waals surface area contributed by atoms with Crippen molar-refractivity contribution in [3.8, 4) is 5.75 Å². The summed E-state index contributed by atoms with van der Waals surface area (Å²) in [7, 11) is 1.46. The number of anilines is 1. The molecule has 7 nitrogen and oxygen atoms in total. The molecule has 0 aliphatic rings. The van der Waals surface area contributed by atoms with E-state index < -0.39 is 18.0 Å². The van der Waals surface area contributed by atoms with Crippen LogP contribution in [0.5, 0.6) is 5.75 Å². The van der Waals surface area contributed by atoms with Gasteiger partial charge in [-0.2, -0.15) is 0 Å². The van der Waals surface area contributed by atoms with Crippen molar-refractivity contribution in [2.75, 3.05) is 12.4 Å². The van der Waals surface area contributed by atoms with Crippen molar-refractivity contribution >= 4 is 51.0 Å². The number of esters is 1. The summed E-state index contributed by atoms with van der Waals surface area (Å²) < 4.78 is 11.0. The fraction of sp³-hybridized carbons (Fsp3) is 0.263. The molecule has 148 valence electrons. The highest BCUT2D eigenvalue weighted by molar-refractivity contribution is 9.10. The zero-order valence-corrected chi connectivity index (χ0v) is 17.5. The fourth-order valence-corrected chi connectivity index (χ4v) is 2.71. The minimum absolute atomic E-state index is 0.0707. The normalized spacial score (nSPS) is 11.4. The maximum absolute atomic E-state index is 12.4. The number of ketones is 1. The molecule has 0 aliphatic carbocycles. The van der Waals surface area contributed by atoms with Crippen molar-refractivity contribution in [2.24, 2.45) is 0 Å². The third kappa shape index (κ3) is 6.31. The molecular formula is C19H18BrClN2O5. The highest BCUT2D eigenvalue weighted by Gasteiger charge is 2.20. The highest BCUT2D eigenvalue weighted by Crippen LogP contribution is 2.24. The standard InChI is InChI=1S/C19H18BrClN2O5/c1-11(19(26)23-17-7-4-13(21)10-22-17)28-18(25)8-5-15(24)14-9-12(20)3-6-16(14)27-2/h3-4,6-7,9-11H,5,8H2,1-2H3,(H,22,23,26). The second-order valence-corrected chi connectivity index (χ2v) is 7.10. The first-order valence-electron chi connectivity index (χ1n) is 8.28. The van der Waals surface area contributed by atoms with Gasteiger partial charge in [-0.3, -0.25) is 14.4 Å². The number of carbonyl (C=O) groups is 3. The summed E-state index contributed by atoms with van der Waals surface area (Å²) in [4.78, 5) is 40.3. The molecule has 1 unspecified atom stereocenters. The Morgan fingerprint density at radius 2 is 1.96 bits per heavy atom. The Bertz CT molecular complexity index is 873. The molecule has 1 aromatic carbocycles. The Balaban J connectivity index is 1.86. The van der Waals surface area contributed by atoms with E-state index in [1.807, 2.05) is 0 Å². The lowest BCUT2D eigenvalue weighted by Crippen LogP contribution is -2.30. The van der Waals surface area contributed by atoms with Gasteiger partial charge < -0.3 is 14.8 Å². The molecule has 1 N–H and O–H groups in total. The number of nitrogens with zero attached hydrogens (tertiary/aromatic N) is 1. The van der Waals surface area contributed by atoms with E-state index in [1.54, 1.807) is 24.3 Å². The van der Waals surface area contributed by atoms with Crippen LogP contribution in [0, 0.1) is 0 Å². The van der Waals surface area contributed by atoms with Crippen LogP contribution < -0.4 is 10.1 Å². The second kappa shape index (κ2) is 10.2. The lowest BCUT2D eigenvalue weighted by Gasteiger charge is -2.13. The molecule has 0 spiro atoms. The Morgan fingerprint density at radius 1 is 1.21 bits per heavy atom. The summed E-state index contributed by atoms with van der Waals surface area (Å²) in [5, 5.41) is 2.95. The number of hydrogen-bond acceptors (Lipinski definition) is 6. The minimum Gasteiger partial charge on any atom is -0.496 e. The lowest BCUT2D eigenvalue weighted by atomic mass is 10.1. The van der Waals surface area contributed by atoms with E-state index in [2.05, 4.69) is 26.2 Å². The third-order valence-electron chi connectivity index (χ3n) is 3.67. The van der Waals surface area contributed by atoms with Crippen molar-refractivity contribution < 1.29 is 23.9 Å². The Morgan fingerprint density at radius 3 is 2.61 bits per heavy atom. The number of carbonyl (C=O) groups excluding carboxylic acids is 3. The van der Waals surface area contributed by atoms with Gasteiger partial charge in [0.1, 0.15) is 11.6 Å². The van der Waals surface area contributed by atoms with Crippen LogP contribution in [0.2, 0.25) is 5.02 Å². The molecule has 0 saturated carbocycles. The summed E-state index contributed by atoms with van der Waals surface area (Å²) >= 11 is 9.03. The Hall–Kier alpha value is -2.45. The van der Waals surface area contributed by atoms with E-state index in [4.69, 9.17) is 21.1 Å². The van der Waals surface area contributed by atoms with Crippen LogP contribution in [-0.2, 0) is 14.3 Å². The monoisotopic (exact) mass is 468 g/mol. The number of amides is 1. The van der Waals surface area contributed by atoms with Crippen molar-refractivity contribution in [1.82, 2.24) is 4.98 Å². The topological polar surface area (TPSA) is 94.6 Å². The van der Waals surface area contributed by atoms with Gasteiger partial charge in [0, 0.05) is 17.1 Å². The zero-order valence-electron chi connectivity index (χ0n) is 15.2. The predicted octanol–water partition coefficient (Wildman–Crippen LogP) is 4.04. The quantitative estimate of drug-likeness (QED) is 0.463. The number of Topliss-reactive ketones (excluding diaryl/α,β-unsaturated/α-hetero) is 1. The molecule has 0 aliphatic heterocycles. The average Bonchev–Trinajstić information content (AvgIpc) is 2.67. The molecule has 0 bridgehead atoms. The van der Waals surface area contributed by atoms with Crippen molar-refractivity contribution in [3.63, 3.8) is 0 Å². The van der Waals surface area contributed by atoms with Gasteiger partial charge in [-0.1, -0.05) is 27.5 Å². The molecule has 1 amide bonds. The Kier molecular flexibility index (Phi) is 7.95. The number of aromatic nitrogens is 1. The third-order valence-corrected chi connectivity index (χ3v) is 4.39. The molecule has 0 saturated heterocycles. The lowest BCUT2D eigenvalue weighted by molar-refractivity contribution is -0.153. The number of pyridine rings is 1. The van der Waals surface area contributed by atoms with Crippen LogP contribution >= 0.6 is 27.5 Å². The first-order valence-corrected chi connectivity index (χ1v) is 9.46. The van der Waals surface area contributed by atoms with Crippen molar-refractivity contribution in [2.45, 2.75) is 25.9 Å². The van der Waals surface area contributed by atoms with Crippen LogP contribution in [-0.4, -0.2) is 35.9 Å². The zero-order chi connectivity index (χ0) is 20.7. The smallest absolute Gasteiger partial charge is 0.307 e. The summed E-state index contributed by atoms with van der Waals surface area (Å²) in [5.74, 6) is -0.756. The summed E-state index contributed by atoms with van der Waals surface area (Å²) in [6.45, 7) is 1.43. The molecule has 1 atom stereocenters. The number of nitrogens with one attached hydrogen (secondary N) is 1. The fourth-order valence-electron chi connectivity index (χ4n) is 2.24. The number of hydrogen-bond donors (Lipinski definition) is 1. The molecule has 2 aromatic rings. The average molecular weight is 470 g/mol. The second-order valence-electron chi connectivity index (χ2n) is 5.75. The predicted molar refractivity (Wildman–Crippen MR) is 108 cm³/mol. The van der Waals surface area contributed by atoms with Crippen LogP contribution in [0.15, 0.2) is 41.0 Å².